The van der Waals surface area contributed by atoms with Gasteiger partial charge in [-0.25, -0.2) is 9.97 Å². The highest BCUT2D eigenvalue weighted by atomic mass is 16.5. The van der Waals surface area contributed by atoms with E-state index in [1.165, 1.54) is 0 Å². The molecule has 142 valence electrons. The molecule has 3 aromatic rings. The van der Waals surface area contributed by atoms with Gasteiger partial charge in [-0.2, -0.15) is 0 Å². The van der Waals surface area contributed by atoms with Crippen LogP contribution in [0.1, 0.15) is 17.5 Å². The van der Waals surface area contributed by atoms with Crippen LogP contribution in [0, 0.1) is 0 Å². The second-order valence-electron chi connectivity index (χ2n) is 6.83. The van der Waals surface area contributed by atoms with Crippen molar-refractivity contribution in [3.05, 3.63) is 29.3 Å². The molecule has 0 saturated carbocycles. The van der Waals surface area contributed by atoms with Gasteiger partial charge in [0.25, 0.3) is 0 Å². The molecule has 0 bridgehead atoms. The van der Waals surface area contributed by atoms with Gasteiger partial charge >= 0.3 is 0 Å². The smallest absolute Gasteiger partial charge is 0.150 e. The topological polar surface area (TPSA) is 93.9 Å². The van der Waals surface area contributed by atoms with Gasteiger partial charge in [0.1, 0.15) is 28.0 Å². The lowest BCUT2D eigenvalue weighted by Crippen LogP contribution is -2.39. The van der Waals surface area contributed by atoms with Crippen LogP contribution in [0.2, 0.25) is 0 Å². The minimum Gasteiger partial charge on any atom is -0.494 e. The van der Waals surface area contributed by atoms with Crippen LogP contribution in [0.15, 0.2) is 18.2 Å². The maximum atomic E-state index is 10.6. The Morgan fingerprint density at radius 1 is 0.963 bits per heavy atom. The van der Waals surface area contributed by atoms with Gasteiger partial charge in [-0.05, 0) is 25.0 Å². The molecule has 0 spiro atoms. The molecule has 1 aliphatic carbocycles. The number of aliphatic hydroxyl groups is 2. The molecule has 0 amide bonds. The molecular formula is C20H22N2O5. The third-order valence-corrected chi connectivity index (χ3v) is 5.27. The third-order valence-electron chi connectivity index (χ3n) is 5.27. The number of benzene rings is 2. The van der Waals surface area contributed by atoms with E-state index in [9.17, 15) is 10.2 Å². The van der Waals surface area contributed by atoms with Gasteiger partial charge in [0.15, 0.2) is 5.75 Å². The standard InChI is InChI=1S/C20H22N2O5/c1-25-14-6-4-5-13-15(14)22-17-16(21-13)18(26-2)11-7-8-20(24,10-23)9-12(11)19(17)27-3/h4-6,23-24H,7-10H2,1-3H3. The second-order valence-corrected chi connectivity index (χ2v) is 6.83. The number of rotatable bonds is 4. The van der Waals surface area contributed by atoms with Crippen LogP contribution < -0.4 is 14.2 Å². The van der Waals surface area contributed by atoms with E-state index in [0.717, 1.165) is 11.1 Å². The molecule has 7 heteroatoms. The molecule has 0 saturated heterocycles. The minimum atomic E-state index is -1.18. The molecule has 2 aromatic carbocycles. The highest BCUT2D eigenvalue weighted by Crippen LogP contribution is 2.45. The fourth-order valence-corrected chi connectivity index (χ4v) is 3.89. The van der Waals surface area contributed by atoms with E-state index in [0.29, 0.717) is 52.2 Å². The van der Waals surface area contributed by atoms with Crippen molar-refractivity contribution in [1.29, 1.82) is 0 Å². The summed E-state index contributed by atoms with van der Waals surface area (Å²) in [5, 5.41) is 20.3. The Labute approximate surface area is 156 Å². The Bertz CT molecular complexity index is 1040. The molecule has 0 fully saturated rings. The first kappa shape index (κ1) is 17.8. The summed E-state index contributed by atoms with van der Waals surface area (Å²) in [4.78, 5) is 9.54. The van der Waals surface area contributed by atoms with Crippen molar-refractivity contribution in [2.24, 2.45) is 0 Å². The van der Waals surface area contributed by atoms with Gasteiger partial charge in [0.05, 0.1) is 39.1 Å². The third kappa shape index (κ3) is 2.65. The molecule has 1 aliphatic rings. The maximum Gasteiger partial charge on any atom is 0.150 e. The van der Waals surface area contributed by atoms with Crippen molar-refractivity contribution in [3.8, 4) is 17.2 Å². The van der Waals surface area contributed by atoms with E-state index < -0.39 is 5.60 Å². The van der Waals surface area contributed by atoms with Crippen LogP contribution in [0.4, 0.5) is 0 Å². The van der Waals surface area contributed by atoms with Gasteiger partial charge < -0.3 is 24.4 Å². The number of hydrogen-bond acceptors (Lipinski definition) is 7. The summed E-state index contributed by atoms with van der Waals surface area (Å²) in [5.41, 5.74) is 3.05. The fourth-order valence-electron chi connectivity index (χ4n) is 3.89. The van der Waals surface area contributed by atoms with E-state index in [1.807, 2.05) is 18.2 Å². The molecule has 0 radical (unpaired) electrons. The van der Waals surface area contributed by atoms with Crippen LogP contribution in [-0.4, -0.2) is 53.7 Å². The van der Waals surface area contributed by atoms with Crippen LogP contribution in [0.25, 0.3) is 22.1 Å². The molecule has 0 aliphatic heterocycles. The van der Waals surface area contributed by atoms with E-state index >= 15 is 0 Å². The summed E-state index contributed by atoms with van der Waals surface area (Å²) in [6, 6.07) is 5.57. The quantitative estimate of drug-likeness (QED) is 0.679. The molecule has 2 N–H and O–H groups in total. The van der Waals surface area contributed by atoms with Crippen LogP contribution in [0.3, 0.4) is 0 Å². The van der Waals surface area contributed by atoms with Gasteiger partial charge in [0.2, 0.25) is 0 Å². The number of ether oxygens (including phenoxy) is 3. The fraction of sp³-hybridized carbons (Fsp3) is 0.400. The number of methoxy groups -OCH3 is 3. The zero-order chi connectivity index (χ0) is 19.2. The van der Waals surface area contributed by atoms with Gasteiger partial charge in [0, 0.05) is 17.5 Å². The van der Waals surface area contributed by atoms with E-state index in [-0.39, 0.29) is 13.0 Å². The SMILES string of the molecule is COc1cccc2nc3c(OC)c4c(c(OC)c3nc12)CC(O)(CO)CC4. The Morgan fingerprint density at radius 3 is 2.33 bits per heavy atom. The normalized spacial score (nSPS) is 19.1. The zero-order valence-corrected chi connectivity index (χ0v) is 15.6. The first-order valence-corrected chi connectivity index (χ1v) is 8.78. The van der Waals surface area contributed by atoms with Crippen LogP contribution >= 0.6 is 0 Å². The van der Waals surface area contributed by atoms with Crippen molar-refractivity contribution >= 4 is 22.1 Å². The number of nitrogens with zero attached hydrogens (tertiary/aromatic N) is 2. The predicted octanol–water partition coefficient (Wildman–Crippen LogP) is 2.02. The Balaban J connectivity index is 2.11. The predicted molar refractivity (Wildman–Crippen MR) is 101 cm³/mol. The van der Waals surface area contributed by atoms with Crippen LogP contribution in [0.5, 0.6) is 17.2 Å². The Kier molecular flexibility index (Phi) is 4.28. The lowest BCUT2D eigenvalue weighted by molar-refractivity contribution is -0.0253. The highest BCUT2D eigenvalue weighted by molar-refractivity contribution is 5.97. The zero-order valence-electron chi connectivity index (χ0n) is 15.6. The summed E-state index contributed by atoms with van der Waals surface area (Å²) in [5.74, 6) is 1.80. The van der Waals surface area contributed by atoms with Crippen LogP contribution in [-0.2, 0) is 12.8 Å². The van der Waals surface area contributed by atoms with Crippen molar-refractivity contribution in [2.75, 3.05) is 27.9 Å². The molecule has 1 aromatic heterocycles. The van der Waals surface area contributed by atoms with Crippen molar-refractivity contribution < 1.29 is 24.4 Å². The summed E-state index contributed by atoms with van der Waals surface area (Å²) in [6.07, 6.45) is 1.26. The number of hydrogen-bond donors (Lipinski definition) is 2. The molecule has 1 atom stereocenters. The number of para-hydroxylation sites is 1. The second kappa shape index (κ2) is 6.51. The van der Waals surface area contributed by atoms with Crippen molar-refractivity contribution in [3.63, 3.8) is 0 Å². The summed E-state index contributed by atoms with van der Waals surface area (Å²) < 4.78 is 16.8. The molecule has 1 heterocycles. The Morgan fingerprint density at radius 2 is 1.67 bits per heavy atom. The maximum absolute atomic E-state index is 10.6. The molecule has 7 nitrogen and oxygen atoms in total. The number of aromatic nitrogens is 2. The van der Waals surface area contributed by atoms with Gasteiger partial charge in [-0.1, -0.05) is 6.07 Å². The highest BCUT2D eigenvalue weighted by Gasteiger charge is 2.36. The average Bonchev–Trinajstić information content (AvgIpc) is 2.70. The molecule has 1 unspecified atom stereocenters. The Hall–Kier alpha value is -2.64. The largest absolute Gasteiger partial charge is 0.494 e. The number of fused-ring (bicyclic) bond motifs is 3. The lowest BCUT2D eigenvalue weighted by Gasteiger charge is -2.33. The molecule has 4 rings (SSSR count). The summed E-state index contributed by atoms with van der Waals surface area (Å²) >= 11 is 0. The van der Waals surface area contributed by atoms with E-state index in [4.69, 9.17) is 24.2 Å². The monoisotopic (exact) mass is 370 g/mol. The molecule has 27 heavy (non-hydrogen) atoms. The van der Waals surface area contributed by atoms with Gasteiger partial charge in [-0.15, -0.1) is 0 Å². The molecular weight excluding hydrogens is 348 g/mol. The van der Waals surface area contributed by atoms with Gasteiger partial charge in [-0.3, -0.25) is 0 Å². The first-order valence-electron chi connectivity index (χ1n) is 8.78. The van der Waals surface area contributed by atoms with E-state index in [1.54, 1.807) is 21.3 Å². The van der Waals surface area contributed by atoms with Crippen molar-refractivity contribution in [1.82, 2.24) is 9.97 Å². The van der Waals surface area contributed by atoms with Crippen molar-refractivity contribution in [2.45, 2.75) is 24.9 Å². The van der Waals surface area contributed by atoms with E-state index in [2.05, 4.69) is 0 Å². The lowest BCUT2D eigenvalue weighted by atomic mass is 9.79. The average molecular weight is 370 g/mol. The number of aliphatic hydroxyl groups excluding tert-OH is 1. The summed E-state index contributed by atoms with van der Waals surface area (Å²) in [6.45, 7) is -0.312. The first-order chi connectivity index (χ1) is 13.0. The minimum absolute atomic E-state index is 0.264. The summed E-state index contributed by atoms with van der Waals surface area (Å²) in [7, 11) is 4.76.